The van der Waals surface area contributed by atoms with Crippen molar-refractivity contribution >= 4 is 18.0 Å². The molecule has 0 amide bonds. The van der Waals surface area contributed by atoms with Crippen LogP contribution in [0.5, 0.6) is 0 Å². The fourth-order valence-corrected chi connectivity index (χ4v) is 3.47. The second-order valence-corrected chi connectivity index (χ2v) is 7.33. The molecule has 0 spiro atoms. The van der Waals surface area contributed by atoms with Gasteiger partial charge in [-0.1, -0.05) is 38.5 Å². The maximum absolute atomic E-state index is 12.9. The molecule has 0 fully saturated rings. The molecule has 136 valence electrons. The third kappa shape index (κ3) is 4.82. The summed E-state index contributed by atoms with van der Waals surface area (Å²) in [5, 5.41) is 0. The van der Waals surface area contributed by atoms with Gasteiger partial charge in [0, 0.05) is 22.2 Å². The molecule has 7 heteroatoms. The molecule has 0 bridgehead atoms. The Morgan fingerprint density at radius 3 is 2.46 bits per heavy atom. The molecular formula is C17H25F3N2OS. The molecule has 24 heavy (non-hydrogen) atoms. The van der Waals surface area contributed by atoms with Gasteiger partial charge in [0.1, 0.15) is 6.29 Å². The number of hydrogen-bond donors (Lipinski definition) is 2. The maximum atomic E-state index is 12.9. The first kappa shape index (κ1) is 20.7. The van der Waals surface area contributed by atoms with Gasteiger partial charge in [0.15, 0.2) is 0 Å². The van der Waals surface area contributed by atoms with Gasteiger partial charge in [-0.25, -0.2) is 0 Å². The van der Waals surface area contributed by atoms with Crippen LogP contribution >= 0.6 is 11.8 Å². The van der Waals surface area contributed by atoms with Gasteiger partial charge in [0.25, 0.3) is 0 Å². The van der Waals surface area contributed by atoms with Gasteiger partial charge in [-0.2, -0.15) is 13.2 Å². The molecule has 0 aromatic heterocycles. The van der Waals surface area contributed by atoms with Crippen LogP contribution in [0.2, 0.25) is 0 Å². The van der Waals surface area contributed by atoms with Crippen molar-refractivity contribution in [3.8, 4) is 0 Å². The summed E-state index contributed by atoms with van der Waals surface area (Å²) in [6.45, 7) is 6.30. The summed E-state index contributed by atoms with van der Waals surface area (Å²) in [5.74, 6) is -2.11. The van der Waals surface area contributed by atoms with Crippen LogP contribution in [-0.2, 0) is 4.79 Å². The standard InChI is InChI=1S/C17H25F3N2OS/c1-9-7-15(24-6-5-23)14(21)8-13(9)16(22)11(3)10(2)12(4)17(18,19)20/h5,7-10,12-13H,6,21-22H2,1-4H3/b16-11-. The molecule has 0 saturated heterocycles. The van der Waals surface area contributed by atoms with Crippen molar-refractivity contribution in [1.29, 1.82) is 0 Å². The Morgan fingerprint density at radius 2 is 1.96 bits per heavy atom. The van der Waals surface area contributed by atoms with E-state index in [1.807, 2.05) is 13.0 Å². The van der Waals surface area contributed by atoms with Gasteiger partial charge in [0.05, 0.1) is 11.7 Å². The second-order valence-electron chi connectivity index (χ2n) is 6.27. The SMILES string of the molecule is C/C(=C(/N)C1C=C(N)C(SCC=O)=CC1C)C(C)C(C)C(F)(F)F. The van der Waals surface area contributed by atoms with Crippen molar-refractivity contribution in [3.63, 3.8) is 0 Å². The molecule has 1 aliphatic rings. The number of allylic oxidation sites excluding steroid dienone is 3. The second kappa shape index (κ2) is 8.14. The Balaban J connectivity index is 3.04. The summed E-state index contributed by atoms with van der Waals surface area (Å²) in [6, 6.07) is 0. The van der Waals surface area contributed by atoms with Gasteiger partial charge in [-0.3, -0.25) is 0 Å². The highest BCUT2D eigenvalue weighted by atomic mass is 32.2. The fraction of sp³-hybridized carbons (Fsp3) is 0.588. The van der Waals surface area contributed by atoms with Crippen LogP contribution in [0.25, 0.3) is 0 Å². The first-order valence-electron chi connectivity index (χ1n) is 7.79. The Bertz CT molecular complexity index is 567. The van der Waals surface area contributed by atoms with E-state index < -0.39 is 18.0 Å². The van der Waals surface area contributed by atoms with E-state index in [2.05, 4.69) is 0 Å². The quantitative estimate of drug-likeness (QED) is 0.701. The number of hydrogen-bond acceptors (Lipinski definition) is 4. The van der Waals surface area contributed by atoms with E-state index in [0.29, 0.717) is 22.7 Å². The van der Waals surface area contributed by atoms with E-state index in [9.17, 15) is 18.0 Å². The fourth-order valence-electron chi connectivity index (χ4n) is 2.68. The van der Waals surface area contributed by atoms with Crippen LogP contribution in [0.3, 0.4) is 0 Å². The molecule has 0 radical (unpaired) electrons. The number of nitrogens with two attached hydrogens (primary N) is 2. The van der Waals surface area contributed by atoms with E-state index in [1.165, 1.54) is 18.7 Å². The Hall–Kier alpha value is -1.37. The van der Waals surface area contributed by atoms with Crippen molar-refractivity contribution in [3.05, 3.63) is 34.0 Å². The van der Waals surface area contributed by atoms with Gasteiger partial charge < -0.3 is 16.3 Å². The Labute approximate surface area is 145 Å². The molecule has 0 aromatic carbocycles. The summed E-state index contributed by atoms with van der Waals surface area (Å²) in [7, 11) is 0. The first-order chi connectivity index (χ1) is 11.0. The normalized spacial score (nSPS) is 25.3. The summed E-state index contributed by atoms with van der Waals surface area (Å²) < 4.78 is 38.8. The zero-order chi connectivity index (χ0) is 18.7. The molecule has 0 saturated carbocycles. The van der Waals surface area contributed by atoms with E-state index in [0.717, 1.165) is 11.2 Å². The number of aldehydes is 1. The smallest absolute Gasteiger partial charge is 0.392 e. The summed E-state index contributed by atoms with van der Waals surface area (Å²) in [4.78, 5) is 11.3. The average molecular weight is 362 g/mol. The molecule has 0 heterocycles. The third-order valence-electron chi connectivity index (χ3n) is 4.70. The number of carbonyl (C=O) groups is 1. The van der Waals surface area contributed by atoms with Gasteiger partial charge in [-0.15, -0.1) is 11.8 Å². The largest absolute Gasteiger partial charge is 0.402 e. The number of thioether (sulfide) groups is 1. The van der Waals surface area contributed by atoms with Crippen LogP contribution in [0.15, 0.2) is 34.0 Å². The topological polar surface area (TPSA) is 69.1 Å². The lowest BCUT2D eigenvalue weighted by Gasteiger charge is -2.30. The molecule has 4 N–H and O–H groups in total. The molecular weight excluding hydrogens is 337 g/mol. The van der Waals surface area contributed by atoms with Gasteiger partial charge >= 0.3 is 6.18 Å². The minimum atomic E-state index is -4.26. The predicted octanol–water partition coefficient (Wildman–Crippen LogP) is 3.98. The molecule has 0 aromatic rings. The molecule has 1 rings (SSSR count). The van der Waals surface area contributed by atoms with Crippen molar-refractivity contribution in [1.82, 2.24) is 0 Å². The number of carbonyl (C=O) groups excluding carboxylic acids is 1. The Morgan fingerprint density at radius 1 is 1.38 bits per heavy atom. The monoisotopic (exact) mass is 362 g/mol. The molecule has 3 nitrogen and oxygen atoms in total. The van der Waals surface area contributed by atoms with Crippen molar-refractivity contribution < 1.29 is 18.0 Å². The summed E-state index contributed by atoms with van der Waals surface area (Å²) >= 11 is 1.34. The van der Waals surface area contributed by atoms with Crippen molar-refractivity contribution in [2.45, 2.75) is 33.9 Å². The number of alkyl halides is 3. The molecule has 4 atom stereocenters. The van der Waals surface area contributed by atoms with E-state index >= 15 is 0 Å². The van der Waals surface area contributed by atoms with Crippen LogP contribution in [0.1, 0.15) is 27.7 Å². The van der Waals surface area contributed by atoms with Crippen LogP contribution in [-0.4, -0.2) is 18.2 Å². The molecule has 0 aliphatic heterocycles. The third-order valence-corrected chi connectivity index (χ3v) is 5.68. The average Bonchev–Trinajstić information content (AvgIpc) is 2.51. The van der Waals surface area contributed by atoms with Crippen molar-refractivity contribution in [2.24, 2.45) is 35.1 Å². The summed E-state index contributed by atoms with van der Waals surface area (Å²) in [5.41, 5.74) is 13.7. The van der Waals surface area contributed by atoms with Gasteiger partial charge in [0.2, 0.25) is 0 Å². The van der Waals surface area contributed by atoms with Gasteiger partial charge in [-0.05, 0) is 18.8 Å². The van der Waals surface area contributed by atoms with Crippen LogP contribution < -0.4 is 11.5 Å². The summed E-state index contributed by atoms with van der Waals surface area (Å²) in [6.07, 6.45) is 0.245. The zero-order valence-electron chi connectivity index (χ0n) is 14.4. The van der Waals surface area contributed by atoms with E-state index in [4.69, 9.17) is 11.5 Å². The lowest BCUT2D eigenvalue weighted by atomic mass is 9.80. The maximum Gasteiger partial charge on any atom is 0.392 e. The molecule has 1 aliphatic carbocycles. The Kier molecular flexibility index (Phi) is 7.01. The minimum absolute atomic E-state index is 0.00482. The number of rotatable bonds is 6. The van der Waals surface area contributed by atoms with Crippen LogP contribution in [0.4, 0.5) is 13.2 Å². The van der Waals surface area contributed by atoms with E-state index in [-0.39, 0.29) is 11.8 Å². The first-order valence-corrected chi connectivity index (χ1v) is 8.78. The lowest BCUT2D eigenvalue weighted by Crippen LogP contribution is -2.30. The lowest BCUT2D eigenvalue weighted by molar-refractivity contribution is -0.178. The van der Waals surface area contributed by atoms with E-state index in [1.54, 1.807) is 19.9 Å². The highest BCUT2D eigenvalue weighted by Crippen LogP contribution is 2.39. The predicted molar refractivity (Wildman–Crippen MR) is 92.8 cm³/mol. The highest BCUT2D eigenvalue weighted by molar-refractivity contribution is 8.03. The minimum Gasteiger partial charge on any atom is -0.402 e. The van der Waals surface area contributed by atoms with Crippen LogP contribution in [0, 0.1) is 23.7 Å². The zero-order valence-corrected chi connectivity index (χ0v) is 15.2. The highest BCUT2D eigenvalue weighted by Gasteiger charge is 2.40. The molecule has 4 unspecified atom stereocenters. The number of halogens is 3. The van der Waals surface area contributed by atoms with Crippen molar-refractivity contribution in [2.75, 3.05) is 5.75 Å².